The molecule has 0 aliphatic carbocycles. The first-order valence-corrected chi connectivity index (χ1v) is 9.04. The first-order valence-electron chi connectivity index (χ1n) is 9.04. The molecule has 0 radical (unpaired) electrons. The van der Waals surface area contributed by atoms with Gasteiger partial charge in [-0.2, -0.15) is 5.10 Å². The van der Waals surface area contributed by atoms with Crippen LogP contribution in [0.5, 0.6) is 0 Å². The van der Waals surface area contributed by atoms with Gasteiger partial charge in [-0.1, -0.05) is 18.6 Å². The van der Waals surface area contributed by atoms with Crippen LogP contribution in [-0.4, -0.2) is 40.6 Å². The Balaban J connectivity index is 1.41. The molecule has 1 aromatic heterocycles. The number of aromatic nitrogens is 2. The maximum atomic E-state index is 13.3. The van der Waals surface area contributed by atoms with Crippen LogP contribution in [-0.2, 0) is 4.79 Å². The average Bonchev–Trinajstić information content (AvgIpc) is 3.08. The highest BCUT2D eigenvalue weighted by Gasteiger charge is 2.11. The number of amides is 1. The number of anilines is 1. The van der Waals surface area contributed by atoms with Crippen LogP contribution in [0.15, 0.2) is 30.3 Å². The third-order valence-electron chi connectivity index (χ3n) is 4.56. The van der Waals surface area contributed by atoms with Crippen molar-refractivity contribution >= 4 is 11.7 Å². The Hall–Kier alpha value is -2.21. The molecule has 0 saturated carbocycles. The number of carbonyl (C=O) groups is 1. The number of hydrogen-bond acceptors (Lipinski definition) is 3. The zero-order valence-electron chi connectivity index (χ0n) is 14.4. The van der Waals surface area contributed by atoms with E-state index in [2.05, 4.69) is 20.4 Å². The number of likely N-dealkylation sites (tertiary alicyclic amines) is 1. The number of benzene rings is 1. The van der Waals surface area contributed by atoms with Crippen LogP contribution in [0.4, 0.5) is 10.2 Å². The second kappa shape index (κ2) is 8.76. The molecule has 6 heteroatoms. The summed E-state index contributed by atoms with van der Waals surface area (Å²) < 4.78 is 13.3. The summed E-state index contributed by atoms with van der Waals surface area (Å²) in [7, 11) is 0. The van der Waals surface area contributed by atoms with Crippen LogP contribution in [0.2, 0.25) is 0 Å². The molecule has 2 N–H and O–H groups in total. The van der Waals surface area contributed by atoms with E-state index in [1.54, 1.807) is 18.2 Å². The largest absolute Gasteiger partial charge is 0.309 e. The fraction of sp³-hybridized carbons (Fsp3) is 0.474. The van der Waals surface area contributed by atoms with Crippen molar-refractivity contribution in [1.29, 1.82) is 0 Å². The molecule has 2 aromatic rings. The van der Waals surface area contributed by atoms with Crippen molar-refractivity contribution < 1.29 is 9.18 Å². The van der Waals surface area contributed by atoms with Gasteiger partial charge in [0.2, 0.25) is 5.91 Å². The molecular weight excluding hydrogens is 319 g/mol. The van der Waals surface area contributed by atoms with E-state index in [4.69, 9.17) is 0 Å². The van der Waals surface area contributed by atoms with Gasteiger partial charge in [0.1, 0.15) is 5.82 Å². The van der Waals surface area contributed by atoms with Gasteiger partial charge in [-0.05, 0) is 57.5 Å². The van der Waals surface area contributed by atoms with E-state index in [0.717, 1.165) is 19.4 Å². The van der Waals surface area contributed by atoms with Crippen molar-refractivity contribution in [3.05, 3.63) is 36.1 Å². The van der Waals surface area contributed by atoms with Gasteiger partial charge >= 0.3 is 0 Å². The molecule has 1 saturated heterocycles. The standard InChI is InChI=1S/C19H25FN4O/c20-16-8-6-7-15(13-16)17-14-18(23-22-17)21-19(25)9-2-5-12-24-10-3-1-4-11-24/h6-8,13-14H,1-5,9-12H2,(H2,21,22,23,25). The Bertz CT molecular complexity index is 694. The van der Waals surface area contributed by atoms with Crippen molar-refractivity contribution in [1.82, 2.24) is 15.1 Å². The molecule has 25 heavy (non-hydrogen) atoms. The molecular formula is C19H25FN4O. The van der Waals surface area contributed by atoms with E-state index in [1.807, 2.05) is 0 Å². The molecule has 1 aliphatic rings. The molecule has 5 nitrogen and oxygen atoms in total. The van der Waals surface area contributed by atoms with Crippen LogP contribution < -0.4 is 5.32 Å². The van der Waals surface area contributed by atoms with Gasteiger partial charge in [0.25, 0.3) is 0 Å². The highest BCUT2D eigenvalue weighted by Crippen LogP contribution is 2.20. The second-order valence-electron chi connectivity index (χ2n) is 6.58. The minimum atomic E-state index is -0.300. The first kappa shape index (κ1) is 17.6. The lowest BCUT2D eigenvalue weighted by atomic mass is 10.1. The fourth-order valence-electron chi connectivity index (χ4n) is 3.20. The summed E-state index contributed by atoms with van der Waals surface area (Å²) in [6, 6.07) is 7.99. The van der Waals surface area contributed by atoms with Gasteiger partial charge in [0, 0.05) is 18.1 Å². The number of halogens is 1. The Kier molecular flexibility index (Phi) is 6.17. The first-order chi connectivity index (χ1) is 12.2. The number of hydrogen-bond donors (Lipinski definition) is 2. The molecule has 0 unspecified atom stereocenters. The molecule has 134 valence electrons. The monoisotopic (exact) mass is 344 g/mol. The van der Waals surface area contributed by atoms with Crippen LogP contribution in [0.1, 0.15) is 38.5 Å². The number of H-pyrrole nitrogens is 1. The third-order valence-corrected chi connectivity index (χ3v) is 4.56. The number of nitrogens with one attached hydrogen (secondary N) is 2. The number of unbranched alkanes of at least 4 members (excludes halogenated alkanes) is 1. The molecule has 0 atom stereocenters. The van der Waals surface area contributed by atoms with Gasteiger partial charge in [-0.3, -0.25) is 9.89 Å². The summed E-state index contributed by atoms with van der Waals surface area (Å²) in [5.41, 5.74) is 1.38. The van der Waals surface area contributed by atoms with E-state index < -0.39 is 0 Å². The van der Waals surface area contributed by atoms with E-state index in [1.165, 1.54) is 44.5 Å². The lowest BCUT2D eigenvalue weighted by Gasteiger charge is -2.26. The number of piperidine rings is 1. The number of aromatic amines is 1. The van der Waals surface area contributed by atoms with Gasteiger partial charge in [-0.25, -0.2) is 4.39 Å². The fourth-order valence-corrected chi connectivity index (χ4v) is 3.20. The Morgan fingerprint density at radius 3 is 2.84 bits per heavy atom. The Morgan fingerprint density at radius 2 is 2.04 bits per heavy atom. The second-order valence-corrected chi connectivity index (χ2v) is 6.58. The summed E-state index contributed by atoms with van der Waals surface area (Å²) >= 11 is 0. The molecule has 1 aliphatic heterocycles. The van der Waals surface area contributed by atoms with Crippen molar-refractivity contribution in [3.8, 4) is 11.3 Å². The van der Waals surface area contributed by atoms with Gasteiger partial charge in [0.05, 0.1) is 5.69 Å². The Labute approximate surface area is 147 Å². The van der Waals surface area contributed by atoms with Gasteiger partial charge in [0.15, 0.2) is 5.82 Å². The summed E-state index contributed by atoms with van der Waals surface area (Å²) in [4.78, 5) is 14.5. The van der Waals surface area contributed by atoms with Crippen molar-refractivity contribution in [2.45, 2.75) is 38.5 Å². The minimum Gasteiger partial charge on any atom is -0.309 e. The van der Waals surface area contributed by atoms with Crippen molar-refractivity contribution in [2.75, 3.05) is 25.0 Å². The van der Waals surface area contributed by atoms with Crippen LogP contribution in [0, 0.1) is 5.82 Å². The number of nitrogens with zero attached hydrogens (tertiary/aromatic N) is 2. The molecule has 1 amide bonds. The van der Waals surface area contributed by atoms with Crippen LogP contribution in [0.25, 0.3) is 11.3 Å². The number of carbonyl (C=O) groups excluding carboxylic acids is 1. The lowest BCUT2D eigenvalue weighted by molar-refractivity contribution is -0.116. The molecule has 1 fully saturated rings. The highest BCUT2D eigenvalue weighted by molar-refractivity contribution is 5.90. The van der Waals surface area contributed by atoms with Crippen molar-refractivity contribution in [2.24, 2.45) is 0 Å². The van der Waals surface area contributed by atoms with Crippen LogP contribution >= 0.6 is 0 Å². The molecule has 2 heterocycles. The molecule has 1 aromatic carbocycles. The zero-order chi connectivity index (χ0) is 17.5. The summed E-state index contributed by atoms with van der Waals surface area (Å²) in [5.74, 6) is 0.141. The van der Waals surface area contributed by atoms with Gasteiger partial charge in [-0.15, -0.1) is 0 Å². The topological polar surface area (TPSA) is 61.0 Å². The van der Waals surface area contributed by atoms with E-state index in [9.17, 15) is 9.18 Å². The third kappa shape index (κ3) is 5.39. The maximum absolute atomic E-state index is 13.3. The summed E-state index contributed by atoms with van der Waals surface area (Å²) in [5, 5.41) is 9.70. The highest BCUT2D eigenvalue weighted by atomic mass is 19.1. The summed E-state index contributed by atoms with van der Waals surface area (Å²) in [6.45, 7) is 3.48. The smallest absolute Gasteiger partial charge is 0.225 e. The van der Waals surface area contributed by atoms with E-state index in [-0.39, 0.29) is 11.7 Å². The van der Waals surface area contributed by atoms with E-state index in [0.29, 0.717) is 23.5 Å². The lowest BCUT2D eigenvalue weighted by Crippen LogP contribution is -2.30. The van der Waals surface area contributed by atoms with Crippen molar-refractivity contribution in [3.63, 3.8) is 0 Å². The average molecular weight is 344 g/mol. The maximum Gasteiger partial charge on any atom is 0.225 e. The minimum absolute atomic E-state index is 0.0315. The molecule has 0 spiro atoms. The Morgan fingerprint density at radius 1 is 1.20 bits per heavy atom. The predicted molar refractivity (Wildman–Crippen MR) is 96.8 cm³/mol. The van der Waals surface area contributed by atoms with Crippen LogP contribution in [0.3, 0.4) is 0 Å². The molecule has 3 rings (SSSR count). The van der Waals surface area contributed by atoms with E-state index >= 15 is 0 Å². The van der Waals surface area contributed by atoms with Gasteiger partial charge < -0.3 is 10.2 Å². The normalized spacial score (nSPS) is 15.2. The molecule has 0 bridgehead atoms. The SMILES string of the molecule is O=C(CCCCN1CCCCC1)Nc1cc(-c2cccc(F)c2)[nH]n1. The quantitative estimate of drug-likeness (QED) is 0.751. The summed E-state index contributed by atoms with van der Waals surface area (Å²) in [6.07, 6.45) is 6.36. The number of rotatable bonds is 7. The predicted octanol–water partition coefficient (Wildman–Crippen LogP) is 3.81. The zero-order valence-corrected chi connectivity index (χ0v) is 14.4.